The average Bonchev–Trinajstić information content (AvgIpc) is 2.91. The van der Waals surface area contributed by atoms with Crippen LogP contribution in [-0.2, 0) is 6.42 Å². The molecule has 0 radical (unpaired) electrons. The predicted octanol–water partition coefficient (Wildman–Crippen LogP) is 5.67. The highest BCUT2D eigenvalue weighted by atomic mass is 35.5. The molecule has 0 saturated carbocycles. The van der Waals surface area contributed by atoms with E-state index in [1.54, 1.807) is 25.6 Å². The molecule has 9 heteroatoms. The van der Waals surface area contributed by atoms with Crippen LogP contribution in [0.25, 0.3) is 10.8 Å². The van der Waals surface area contributed by atoms with Crippen LogP contribution in [0.4, 0.5) is 11.5 Å². The first-order valence-corrected chi connectivity index (χ1v) is 12.8. The van der Waals surface area contributed by atoms with E-state index in [4.69, 9.17) is 32.9 Å². The number of nitrogens with one attached hydrogen (secondary N) is 1. The number of rotatable bonds is 6. The second-order valence-corrected chi connectivity index (χ2v) is 9.89. The van der Waals surface area contributed by atoms with E-state index < -0.39 is 0 Å². The van der Waals surface area contributed by atoms with Gasteiger partial charge in [-0.05, 0) is 60.5 Å². The topological polar surface area (TPSA) is 70.6 Å². The molecular formula is C28H27Cl2N5O2. The molecule has 37 heavy (non-hydrogen) atoms. The highest BCUT2D eigenvalue weighted by Crippen LogP contribution is 2.33. The van der Waals surface area contributed by atoms with Crippen molar-refractivity contribution in [2.75, 3.05) is 45.7 Å². The van der Waals surface area contributed by atoms with Gasteiger partial charge in [0.15, 0.2) is 0 Å². The number of benzene rings is 2. The van der Waals surface area contributed by atoms with E-state index in [-0.39, 0.29) is 5.91 Å². The maximum Gasteiger partial charge on any atom is 0.254 e. The lowest BCUT2D eigenvalue weighted by Crippen LogP contribution is -2.47. The zero-order chi connectivity index (χ0) is 25.9. The molecule has 0 spiro atoms. The van der Waals surface area contributed by atoms with E-state index in [1.807, 2.05) is 47.4 Å². The molecule has 2 aromatic carbocycles. The van der Waals surface area contributed by atoms with Crippen LogP contribution in [0.15, 0.2) is 60.9 Å². The molecule has 7 nitrogen and oxygen atoms in total. The zero-order valence-corrected chi connectivity index (χ0v) is 22.2. The number of aromatic nitrogens is 2. The Morgan fingerprint density at radius 1 is 1.05 bits per heavy atom. The number of amides is 1. The second-order valence-electron chi connectivity index (χ2n) is 9.07. The maximum atomic E-state index is 13.1. The SMILES string of the molecule is COc1cc(C(=O)N2CCN(C)CC2)ccc1Nc1nc(Cc2c(Cl)cccc2Cl)cc2ccncc12. The lowest BCUT2D eigenvalue weighted by Gasteiger charge is -2.32. The van der Waals surface area contributed by atoms with E-state index >= 15 is 0 Å². The van der Waals surface area contributed by atoms with Gasteiger partial charge in [0.2, 0.25) is 0 Å². The first-order valence-electron chi connectivity index (χ1n) is 12.0. The smallest absolute Gasteiger partial charge is 0.254 e. The van der Waals surface area contributed by atoms with Crippen LogP contribution in [-0.4, -0.2) is 66.0 Å². The number of carbonyl (C=O) groups excluding carboxylic acids is 1. The number of hydrogen-bond acceptors (Lipinski definition) is 6. The van der Waals surface area contributed by atoms with Crippen molar-refractivity contribution in [2.45, 2.75) is 6.42 Å². The van der Waals surface area contributed by atoms with Gasteiger partial charge in [-0.3, -0.25) is 9.78 Å². The van der Waals surface area contributed by atoms with Gasteiger partial charge in [0.05, 0.1) is 12.8 Å². The standard InChI is InChI=1S/C28H27Cl2N5O2/c1-34-10-12-35(13-11-34)28(36)19-6-7-25(26(15-19)37-2)33-27-22-17-31-9-8-18(22)14-20(32-27)16-21-23(29)4-3-5-24(21)30/h3-9,14-15,17H,10-13,16H2,1-2H3,(H,32,33). The summed E-state index contributed by atoms with van der Waals surface area (Å²) in [4.78, 5) is 26.4. The van der Waals surface area contributed by atoms with Crippen LogP contribution >= 0.6 is 23.2 Å². The molecule has 1 fully saturated rings. The summed E-state index contributed by atoms with van der Waals surface area (Å²) < 4.78 is 5.66. The molecule has 190 valence electrons. The van der Waals surface area contributed by atoms with Crippen LogP contribution in [0.5, 0.6) is 5.75 Å². The normalized spacial score (nSPS) is 14.1. The summed E-state index contributed by atoms with van der Waals surface area (Å²) in [6.07, 6.45) is 3.99. The third-order valence-electron chi connectivity index (χ3n) is 6.60. The van der Waals surface area contributed by atoms with Gasteiger partial charge in [-0.25, -0.2) is 4.98 Å². The molecule has 0 unspecified atom stereocenters. The van der Waals surface area contributed by atoms with Crippen LogP contribution in [0.2, 0.25) is 10.0 Å². The lowest BCUT2D eigenvalue weighted by molar-refractivity contribution is 0.0664. The fraction of sp³-hybridized carbons (Fsp3) is 0.250. The summed E-state index contributed by atoms with van der Waals surface area (Å²) >= 11 is 12.8. The van der Waals surface area contributed by atoms with Crippen LogP contribution < -0.4 is 10.1 Å². The van der Waals surface area contributed by atoms with E-state index in [9.17, 15) is 4.79 Å². The number of fused-ring (bicyclic) bond motifs is 1. The van der Waals surface area contributed by atoms with Gasteiger partial charge in [-0.2, -0.15) is 0 Å². The Labute approximate surface area is 226 Å². The average molecular weight is 536 g/mol. The number of likely N-dealkylation sites (N-methyl/N-ethyl adjacent to an activating group) is 1. The molecule has 4 aromatic rings. The number of ether oxygens (including phenoxy) is 1. The summed E-state index contributed by atoms with van der Waals surface area (Å²) in [5.41, 5.74) is 2.91. The molecule has 1 saturated heterocycles. The Morgan fingerprint density at radius 3 is 2.54 bits per heavy atom. The van der Waals surface area contributed by atoms with Gasteiger partial charge >= 0.3 is 0 Å². The Balaban J connectivity index is 1.46. The monoisotopic (exact) mass is 535 g/mol. The number of hydrogen-bond donors (Lipinski definition) is 1. The second kappa shape index (κ2) is 10.9. The Morgan fingerprint density at radius 2 is 1.81 bits per heavy atom. The molecule has 1 amide bonds. The van der Waals surface area contributed by atoms with Crippen molar-refractivity contribution < 1.29 is 9.53 Å². The molecule has 1 aliphatic rings. The Hall–Kier alpha value is -3.39. The first kappa shape index (κ1) is 25.3. The third kappa shape index (κ3) is 5.49. The number of methoxy groups -OCH3 is 1. The molecule has 0 bridgehead atoms. The highest BCUT2D eigenvalue weighted by Gasteiger charge is 2.22. The number of anilines is 2. The molecule has 0 atom stereocenters. The third-order valence-corrected chi connectivity index (χ3v) is 7.31. The molecule has 3 heterocycles. The van der Waals surface area contributed by atoms with Gasteiger partial charge in [0.25, 0.3) is 5.91 Å². The van der Waals surface area contributed by atoms with Gasteiger partial charge < -0.3 is 19.9 Å². The summed E-state index contributed by atoms with van der Waals surface area (Å²) in [6.45, 7) is 3.15. The number of carbonyl (C=O) groups is 1. The van der Waals surface area contributed by atoms with Crippen LogP contribution in [0, 0.1) is 0 Å². The number of pyridine rings is 2. The van der Waals surface area contributed by atoms with E-state index in [0.29, 0.717) is 52.4 Å². The number of halogens is 2. The van der Waals surface area contributed by atoms with Crippen molar-refractivity contribution in [3.63, 3.8) is 0 Å². The van der Waals surface area contributed by atoms with E-state index in [2.05, 4.69) is 22.2 Å². The largest absolute Gasteiger partial charge is 0.495 e. The summed E-state index contributed by atoms with van der Waals surface area (Å²) in [5.74, 6) is 1.18. The molecule has 5 rings (SSSR count). The molecule has 2 aromatic heterocycles. The summed E-state index contributed by atoms with van der Waals surface area (Å²) in [5, 5.41) is 6.43. The van der Waals surface area contributed by atoms with Crippen molar-refractivity contribution >= 4 is 51.4 Å². The van der Waals surface area contributed by atoms with Gasteiger partial charge in [-0.15, -0.1) is 0 Å². The number of nitrogens with zero attached hydrogens (tertiary/aromatic N) is 4. The molecule has 1 aliphatic heterocycles. The van der Waals surface area contributed by atoms with Crippen LogP contribution in [0.1, 0.15) is 21.6 Å². The van der Waals surface area contributed by atoms with Crippen molar-refractivity contribution in [1.29, 1.82) is 0 Å². The predicted molar refractivity (Wildman–Crippen MR) is 148 cm³/mol. The fourth-order valence-electron chi connectivity index (χ4n) is 4.46. The van der Waals surface area contributed by atoms with Gasteiger partial charge in [0, 0.05) is 71.7 Å². The Bertz CT molecular complexity index is 1430. The maximum absolute atomic E-state index is 13.1. The van der Waals surface area contributed by atoms with Gasteiger partial charge in [0.1, 0.15) is 11.6 Å². The minimum Gasteiger partial charge on any atom is -0.495 e. The Kier molecular flexibility index (Phi) is 7.46. The number of piperazine rings is 1. The van der Waals surface area contributed by atoms with Gasteiger partial charge in [-0.1, -0.05) is 29.3 Å². The first-order chi connectivity index (χ1) is 17.9. The van der Waals surface area contributed by atoms with E-state index in [1.165, 1.54) is 0 Å². The van der Waals surface area contributed by atoms with E-state index in [0.717, 1.165) is 35.1 Å². The van der Waals surface area contributed by atoms with Crippen molar-refractivity contribution in [3.8, 4) is 5.75 Å². The van der Waals surface area contributed by atoms with Crippen molar-refractivity contribution in [2.24, 2.45) is 0 Å². The van der Waals surface area contributed by atoms with Crippen LogP contribution in [0.3, 0.4) is 0 Å². The minimum atomic E-state index is 0.00402. The molecule has 0 aliphatic carbocycles. The minimum absolute atomic E-state index is 0.00402. The summed E-state index contributed by atoms with van der Waals surface area (Å²) in [7, 11) is 3.66. The zero-order valence-electron chi connectivity index (χ0n) is 20.7. The highest BCUT2D eigenvalue weighted by molar-refractivity contribution is 6.36. The molecular weight excluding hydrogens is 509 g/mol. The lowest BCUT2D eigenvalue weighted by atomic mass is 10.1. The quantitative estimate of drug-likeness (QED) is 0.343. The van der Waals surface area contributed by atoms with Crippen molar-refractivity contribution in [1.82, 2.24) is 19.8 Å². The van der Waals surface area contributed by atoms with Crippen molar-refractivity contribution in [3.05, 3.63) is 87.8 Å². The molecule has 1 N–H and O–H groups in total. The fourth-order valence-corrected chi connectivity index (χ4v) is 4.99. The summed E-state index contributed by atoms with van der Waals surface area (Å²) in [6, 6.07) is 14.9.